The van der Waals surface area contributed by atoms with E-state index in [0.717, 1.165) is 12.5 Å². The van der Waals surface area contributed by atoms with Gasteiger partial charge in [-0.15, -0.1) is 0 Å². The predicted molar refractivity (Wildman–Crippen MR) is 55.8 cm³/mol. The van der Waals surface area contributed by atoms with E-state index in [1.807, 2.05) is 6.20 Å². The minimum atomic E-state index is 0.530. The van der Waals surface area contributed by atoms with Gasteiger partial charge in [0.2, 0.25) is 0 Å². The van der Waals surface area contributed by atoms with Gasteiger partial charge in [-0.3, -0.25) is 0 Å². The standard InChI is InChI=1S/C11H20N2/c1-9(2)5-7-13-8-6-12-11(13)10(3)4/h6,8-10H,5,7H2,1-4H3. The molecule has 0 saturated heterocycles. The highest BCUT2D eigenvalue weighted by Crippen LogP contribution is 2.13. The van der Waals surface area contributed by atoms with Crippen LogP contribution in [0.15, 0.2) is 12.4 Å². The molecule has 0 aromatic carbocycles. The van der Waals surface area contributed by atoms with Gasteiger partial charge in [-0.05, 0) is 12.3 Å². The van der Waals surface area contributed by atoms with Crippen LogP contribution in [0.2, 0.25) is 0 Å². The second kappa shape index (κ2) is 4.45. The second-order valence-electron chi connectivity index (χ2n) is 4.32. The molecule has 0 fully saturated rings. The van der Waals surface area contributed by atoms with E-state index in [-0.39, 0.29) is 0 Å². The molecule has 0 radical (unpaired) electrons. The fourth-order valence-corrected chi connectivity index (χ4v) is 1.41. The molecule has 1 aromatic rings. The van der Waals surface area contributed by atoms with Gasteiger partial charge >= 0.3 is 0 Å². The normalized spacial score (nSPS) is 11.5. The number of aryl methyl sites for hydroxylation is 1. The van der Waals surface area contributed by atoms with Crippen LogP contribution in [0.25, 0.3) is 0 Å². The quantitative estimate of drug-likeness (QED) is 0.696. The highest BCUT2D eigenvalue weighted by atomic mass is 15.1. The number of rotatable bonds is 4. The minimum absolute atomic E-state index is 0.530. The molecule has 0 amide bonds. The van der Waals surface area contributed by atoms with Gasteiger partial charge in [0.05, 0.1) is 0 Å². The van der Waals surface area contributed by atoms with Gasteiger partial charge in [0, 0.05) is 24.9 Å². The zero-order chi connectivity index (χ0) is 9.84. The van der Waals surface area contributed by atoms with Gasteiger partial charge in [0.1, 0.15) is 5.82 Å². The van der Waals surface area contributed by atoms with E-state index in [0.29, 0.717) is 5.92 Å². The van der Waals surface area contributed by atoms with Crippen LogP contribution in [0, 0.1) is 5.92 Å². The van der Waals surface area contributed by atoms with Crippen molar-refractivity contribution in [3.63, 3.8) is 0 Å². The fraction of sp³-hybridized carbons (Fsp3) is 0.727. The van der Waals surface area contributed by atoms with Gasteiger partial charge in [0.15, 0.2) is 0 Å². The smallest absolute Gasteiger partial charge is 0.111 e. The molecular formula is C11H20N2. The van der Waals surface area contributed by atoms with Gasteiger partial charge in [0.25, 0.3) is 0 Å². The second-order valence-corrected chi connectivity index (χ2v) is 4.32. The van der Waals surface area contributed by atoms with Crippen molar-refractivity contribution >= 4 is 0 Å². The van der Waals surface area contributed by atoms with Crippen LogP contribution in [-0.4, -0.2) is 9.55 Å². The van der Waals surface area contributed by atoms with E-state index < -0.39 is 0 Å². The molecule has 0 aliphatic heterocycles. The Hall–Kier alpha value is -0.790. The van der Waals surface area contributed by atoms with Crippen molar-refractivity contribution in [2.75, 3.05) is 0 Å². The summed E-state index contributed by atoms with van der Waals surface area (Å²) in [6, 6.07) is 0. The predicted octanol–water partition coefficient (Wildman–Crippen LogP) is 3.05. The van der Waals surface area contributed by atoms with Crippen LogP contribution in [0.3, 0.4) is 0 Å². The molecule has 0 bridgehead atoms. The molecule has 1 aromatic heterocycles. The summed E-state index contributed by atoms with van der Waals surface area (Å²) >= 11 is 0. The molecular weight excluding hydrogens is 160 g/mol. The zero-order valence-corrected chi connectivity index (χ0v) is 9.12. The van der Waals surface area contributed by atoms with Crippen molar-refractivity contribution in [3.05, 3.63) is 18.2 Å². The van der Waals surface area contributed by atoms with Crippen molar-refractivity contribution in [1.82, 2.24) is 9.55 Å². The molecule has 0 spiro atoms. The molecule has 1 rings (SSSR count). The van der Waals surface area contributed by atoms with Gasteiger partial charge < -0.3 is 4.57 Å². The summed E-state index contributed by atoms with van der Waals surface area (Å²) in [5.74, 6) is 2.50. The summed E-state index contributed by atoms with van der Waals surface area (Å²) < 4.78 is 2.27. The highest BCUT2D eigenvalue weighted by molar-refractivity contribution is 4.97. The average molecular weight is 180 g/mol. The number of aromatic nitrogens is 2. The van der Waals surface area contributed by atoms with Crippen LogP contribution in [-0.2, 0) is 6.54 Å². The molecule has 2 nitrogen and oxygen atoms in total. The topological polar surface area (TPSA) is 17.8 Å². The van der Waals surface area contributed by atoms with E-state index in [1.165, 1.54) is 12.2 Å². The third kappa shape index (κ3) is 2.87. The van der Waals surface area contributed by atoms with E-state index in [2.05, 4.69) is 43.4 Å². The van der Waals surface area contributed by atoms with Crippen LogP contribution in [0.5, 0.6) is 0 Å². The summed E-state index contributed by atoms with van der Waals surface area (Å²) in [5, 5.41) is 0. The third-order valence-electron chi connectivity index (χ3n) is 2.21. The van der Waals surface area contributed by atoms with E-state index in [9.17, 15) is 0 Å². The highest BCUT2D eigenvalue weighted by Gasteiger charge is 2.06. The van der Waals surface area contributed by atoms with Crippen molar-refractivity contribution in [1.29, 1.82) is 0 Å². The summed E-state index contributed by atoms with van der Waals surface area (Å²) in [6.45, 7) is 9.99. The maximum Gasteiger partial charge on any atom is 0.111 e. The third-order valence-corrected chi connectivity index (χ3v) is 2.21. The molecule has 0 aliphatic carbocycles. The summed E-state index contributed by atoms with van der Waals surface area (Å²) in [4.78, 5) is 4.36. The lowest BCUT2D eigenvalue weighted by atomic mass is 10.1. The van der Waals surface area contributed by atoms with Gasteiger partial charge in [-0.2, -0.15) is 0 Å². The first-order valence-corrected chi connectivity index (χ1v) is 5.12. The van der Waals surface area contributed by atoms with Crippen LogP contribution < -0.4 is 0 Å². The van der Waals surface area contributed by atoms with Gasteiger partial charge in [-0.1, -0.05) is 27.7 Å². The Balaban J connectivity index is 2.60. The molecule has 0 aliphatic rings. The minimum Gasteiger partial charge on any atom is -0.335 e. The van der Waals surface area contributed by atoms with Crippen molar-refractivity contribution in [2.45, 2.75) is 46.6 Å². The van der Waals surface area contributed by atoms with Crippen molar-refractivity contribution < 1.29 is 0 Å². The van der Waals surface area contributed by atoms with Crippen molar-refractivity contribution in [3.8, 4) is 0 Å². The van der Waals surface area contributed by atoms with Crippen molar-refractivity contribution in [2.24, 2.45) is 5.92 Å². The Labute approximate surface area is 81.0 Å². The van der Waals surface area contributed by atoms with Crippen LogP contribution in [0.4, 0.5) is 0 Å². The van der Waals surface area contributed by atoms with E-state index >= 15 is 0 Å². The molecule has 2 heteroatoms. The first kappa shape index (κ1) is 10.3. The fourth-order valence-electron chi connectivity index (χ4n) is 1.41. The van der Waals surface area contributed by atoms with E-state index in [1.54, 1.807) is 0 Å². The monoisotopic (exact) mass is 180 g/mol. The van der Waals surface area contributed by atoms with Gasteiger partial charge in [-0.25, -0.2) is 4.98 Å². The Morgan fingerprint density at radius 3 is 2.54 bits per heavy atom. The number of hydrogen-bond acceptors (Lipinski definition) is 1. The SMILES string of the molecule is CC(C)CCn1ccnc1C(C)C. The average Bonchev–Trinajstić information content (AvgIpc) is 2.47. The number of nitrogens with zero attached hydrogens (tertiary/aromatic N) is 2. The maximum absolute atomic E-state index is 4.36. The molecule has 0 saturated carbocycles. The molecule has 0 unspecified atom stereocenters. The zero-order valence-electron chi connectivity index (χ0n) is 9.12. The van der Waals surface area contributed by atoms with Crippen LogP contribution >= 0.6 is 0 Å². The Morgan fingerprint density at radius 1 is 1.31 bits per heavy atom. The number of imidazole rings is 1. The maximum atomic E-state index is 4.36. The summed E-state index contributed by atoms with van der Waals surface area (Å²) in [7, 11) is 0. The summed E-state index contributed by atoms with van der Waals surface area (Å²) in [6.07, 6.45) is 5.21. The molecule has 0 N–H and O–H groups in total. The molecule has 13 heavy (non-hydrogen) atoms. The first-order chi connectivity index (χ1) is 6.11. The largest absolute Gasteiger partial charge is 0.335 e. The molecule has 1 heterocycles. The van der Waals surface area contributed by atoms with E-state index in [4.69, 9.17) is 0 Å². The lowest BCUT2D eigenvalue weighted by Crippen LogP contribution is -2.06. The number of hydrogen-bond donors (Lipinski definition) is 0. The molecule has 0 atom stereocenters. The lowest BCUT2D eigenvalue weighted by Gasteiger charge is -2.11. The molecule has 74 valence electrons. The Bertz CT molecular complexity index is 248. The first-order valence-electron chi connectivity index (χ1n) is 5.12. The lowest BCUT2D eigenvalue weighted by molar-refractivity contribution is 0.498. The Morgan fingerprint density at radius 2 is 2.00 bits per heavy atom. The van der Waals surface area contributed by atoms with Crippen LogP contribution in [0.1, 0.15) is 45.9 Å². The Kier molecular flexibility index (Phi) is 3.52. The summed E-state index contributed by atoms with van der Waals surface area (Å²) in [5.41, 5.74) is 0.